The maximum atomic E-state index is 11.9. The predicted molar refractivity (Wildman–Crippen MR) is 61.0 cm³/mol. The van der Waals surface area contributed by atoms with Gasteiger partial charge in [-0.05, 0) is 14.0 Å². The monoisotopic (exact) mass is 227 g/mol. The standard InChI is InChI=1S/C11H21N3O2/c1-8(12)5-11(15)14-6-9-10(7-14)16-4-3-13(9)2/h8-10H,3-7,12H2,1-2H3. The molecular weight excluding hydrogens is 206 g/mol. The fourth-order valence-electron chi connectivity index (χ4n) is 2.47. The van der Waals surface area contributed by atoms with E-state index in [1.807, 2.05) is 11.8 Å². The van der Waals surface area contributed by atoms with Crippen LogP contribution < -0.4 is 5.73 Å². The van der Waals surface area contributed by atoms with Gasteiger partial charge in [-0.1, -0.05) is 0 Å². The minimum Gasteiger partial charge on any atom is -0.373 e. The van der Waals surface area contributed by atoms with E-state index in [1.54, 1.807) is 0 Å². The average Bonchev–Trinajstić information content (AvgIpc) is 2.61. The fourth-order valence-corrected chi connectivity index (χ4v) is 2.47. The molecule has 0 spiro atoms. The molecule has 5 heteroatoms. The number of ether oxygens (including phenoxy) is 1. The van der Waals surface area contributed by atoms with E-state index in [9.17, 15) is 4.79 Å². The highest BCUT2D eigenvalue weighted by atomic mass is 16.5. The van der Waals surface area contributed by atoms with Crippen LogP contribution in [0.2, 0.25) is 0 Å². The van der Waals surface area contributed by atoms with Gasteiger partial charge in [0.15, 0.2) is 0 Å². The molecule has 16 heavy (non-hydrogen) atoms. The Bertz CT molecular complexity index is 270. The second-order valence-corrected chi connectivity index (χ2v) is 4.94. The number of hydrogen-bond donors (Lipinski definition) is 1. The quantitative estimate of drug-likeness (QED) is 0.675. The van der Waals surface area contributed by atoms with E-state index in [4.69, 9.17) is 10.5 Å². The molecule has 2 rings (SSSR count). The van der Waals surface area contributed by atoms with Gasteiger partial charge in [-0.25, -0.2) is 0 Å². The third-order valence-electron chi connectivity index (χ3n) is 3.43. The lowest BCUT2D eigenvalue weighted by Crippen LogP contribution is -2.48. The van der Waals surface area contributed by atoms with E-state index >= 15 is 0 Å². The number of nitrogens with two attached hydrogens (primary N) is 1. The predicted octanol–water partition coefficient (Wildman–Crippen LogP) is -0.735. The van der Waals surface area contributed by atoms with Crippen molar-refractivity contribution in [2.75, 3.05) is 33.3 Å². The number of morpholine rings is 1. The summed E-state index contributed by atoms with van der Waals surface area (Å²) in [6, 6.07) is 0.305. The molecule has 5 nitrogen and oxygen atoms in total. The number of rotatable bonds is 2. The first-order valence-electron chi connectivity index (χ1n) is 5.93. The Labute approximate surface area is 96.5 Å². The third-order valence-corrected chi connectivity index (χ3v) is 3.43. The molecule has 2 heterocycles. The smallest absolute Gasteiger partial charge is 0.224 e. The molecule has 3 atom stereocenters. The van der Waals surface area contributed by atoms with Crippen LogP contribution in [0.25, 0.3) is 0 Å². The Kier molecular flexibility index (Phi) is 3.47. The molecule has 0 bridgehead atoms. The summed E-state index contributed by atoms with van der Waals surface area (Å²) in [5.74, 6) is 0.154. The maximum absolute atomic E-state index is 11.9. The van der Waals surface area contributed by atoms with Crippen LogP contribution >= 0.6 is 0 Å². The van der Waals surface area contributed by atoms with Gasteiger partial charge in [-0.3, -0.25) is 9.69 Å². The van der Waals surface area contributed by atoms with Crippen LogP contribution in [0.1, 0.15) is 13.3 Å². The first-order chi connectivity index (χ1) is 7.58. The first kappa shape index (κ1) is 11.8. The van der Waals surface area contributed by atoms with Crippen LogP contribution in [0, 0.1) is 0 Å². The Hall–Kier alpha value is -0.650. The van der Waals surface area contributed by atoms with Gasteiger partial charge < -0.3 is 15.4 Å². The molecule has 0 aromatic rings. The van der Waals surface area contributed by atoms with Crippen molar-refractivity contribution in [1.29, 1.82) is 0 Å². The zero-order valence-electron chi connectivity index (χ0n) is 10.1. The van der Waals surface area contributed by atoms with E-state index < -0.39 is 0 Å². The highest BCUT2D eigenvalue weighted by Gasteiger charge is 2.40. The maximum Gasteiger partial charge on any atom is 0.224 e. The van der Waals surface area contributed by atoms with E-state index in [-0.39, 0.29) is 18.1 Å². The summed E-state index contributed by atoms with van der Waals surface area (Å²) >= 11 is 0. The SMILES string of the molecule is CC(N)CC(=O)N1CC2OCCN(C)C2C1. The zero-order valence-corrected chi connectivity index (χ0v) is 10.1. The summed E-state index contributed by atoms with van der Waals surface area (Å²) in [6.07, 6.45) is 0.624. The molecule has 0 aromatic heterocycles. The Morgan fingerprint density at radius 2 is 2.31 bits per heavy atom. The van der Waals surface area contributed by atoms with Gasteiger partial charge in [-0.2, -0.15) is 0 Å². The minimum atomic E-state index is -0.0613. The summed E-state index contributed by atoms with van der Waals surface area (Å²) in [4.78, 5) is 16.1. The molecular formula is C11H21N3O2. The van der Waals surface area contributed by atoms with Crippen molar-refractivity contribution in [1.82, 2.24) is 9.80 Å². The number of likely N-dealkylation sites (N-methyl/N-ethyl adjacent to an activating group) is 1. The molecule has 2 aliphatic rings. The van der Waals surface area contributed by atoms with Crippen molar-refractivity contribution in [2.45, 2.75) is 31.5 Å². The number of carbonyl (C=O) groups excluding carboxylic acids is 1. The topological polar surface area (TPSA) is 58.8 Å². The number of fused-ring (bicyclic) bond motifs is 1. The van der Waals surface area contributed by atoms with Gasteiger partial charge in [0, 0.05) is 32.1 Å². The molecule has 2 fully saturated rings. The molecule has 2 aliphatic heterocycles. The van der Waals surface area contributed by atoms with Crippen LogP contribution in [-0.4, -0.2) is 67.2 Å². The average molecular weight is 227 g/mol. The molecule has 0 aromatic carbocycles. The van der Waals surface area contributed by atoms with Crippen LogP contribution in [-0.2, 0) is 9.53 Å². The van der Waals surface area contributed by atoms with Gasteiger partial charge in [0.2, 0.25) is 5.91 Å². The van der Waals surface area contributed by atoms with Crippen LogP contribution in [0.5, 0.6) is 0 Å². The van der Waals surface area contributed by atoms with Gasteiger partial charge in [0.05, 0.1) is 18.8 Å². The Morgan fingerprint density at radius 3 is 2.94 bits per heavy atom. The molecule has 2 saturated heterocycles. The summed E-state index contributed by atoms with van der Waals surface area (Å²) in [7, 11) is 2.10. The van der Waals surface area contributed by atoms with Gasteiger partial charge >= 0.3 is 0 Å². The van der Waals surface area contributed by atoms with E-state index in [2.05, 4.69) is 11.9 Å². The molecule has 0 radical (unpaired) electrons. The summed E-state index contributed by atoms with van der Waals surface area (Å²) in [5, 5.41) is 0. The van der Waals surface area contributed by atoms with Crippen molar-refractivity contribution < 1.29 is 9.53 Å². The number of amides is 1. The van der Waals surface area contributed by atoms with Crippen molar-refractivity contribution >= 4 is 5.91 Å². The molecule has 92 valence electrons. The van der Waals surface area contributed by atoms with E-state index in [0.717, 1.165) is 26.2 Å². The largest absolute Gasteiger partial charge is 0.373 e. The van der Waals surface area contributed by atoms with Gasteiger partial charge in [0.1, 0.15) is 0 Å². The van der Waals surface area contributed by atoms with Gasteiger partial charge in [0.25, 0.3) is 0 Å². The second-order valence-electron chi connectivity index (χ2n) is 4.94. The normalized spacial score (nSPS) is 32.6. The lowest BCUT2D eigenvalue weighted by Gasteiger charge is -2.33. The molecule has 1 amide bonds. The highest BCUT2D eigenvalue weighted by Crippen LogP contribution is 2.22. The van der Waals surface area contributed by atoms with Crippen molar-refractivity contribution in [3.63, 3.8) is 0 Å². The van der Waals surface area contributed by atoms with E-state index in [1.165, 1.54) is 0 Å². The van der Waals surface area contributed by atoms with Crippen LogP contribution in [0.15, 0.2) is 0 Å². The van der Waals surface area contributed by atoms with Crippen molar-refractivity contribution in [3.05, 3.63) is 0 Å². The lowest BCUT2D eigenvalue weighted by molar-refractivity contribution is -0.130. The molecule has 0 aliphatic carbocycles. The Balaban J connectivity index is 1.93. The first-order valence-corrected chi connectivity index (χ1v) is 5.93. The van der Waals surface area contributed by atoms with E-state index in [0.29, 0.717) is 12.5 Å². The number of nitrogens with zero attached hydrogens (tertiary/aromatic N) is 2. The molecule has 2 N–H and O–H groups in total. The second kappa shape index (κ2) is 4.69. The minimum absolute atomic E-state index is 0.0613. The number of likely N-dealkylation sites (tertiary alicyclic amines) is 1. The lowest BCUT2D eigenvalue weighted by atomic mass is 10.1. The van der Waals surface area contributed by atoms with Crippen molar-refractivity contribution in [3.8, 4) is 0 Å². The summed E-state index contributed by atoms with van der Waals surface area (Å²) in [5.41, 5.74) is 5.65. The highest BCUT2D eigenvalue weighted by molar-refractivity contribution is 5.77. The van der Waals surface area contributed by atoms with Crippen molar-refractivity contribution in [2.24, 2.45) is 5.73 Å². The van der Waals surface area contributed by atoms with Gasteiger partial charge in [-0.15, -0.1) is 0 Å². The Morgan fingerprint density at radius 1 is 1.56 bits per heavy atom. The summed E-state index contributed by atoms with van der Waals surface area (Å²) < 4.78 is 5.69. The van der Waals surface area contributed by atoms with Crippen LogP contribution in [0.4, 0.5) is 0 Å². The number of carbonyl (C=O) groups is 1. The van der Waals surface area contributed by atoms with Crippen LogP contribution in [0.3, 0.4) is 0 Å². The fraction of sp³-hybridized carbons (Fsp3) is 0.909. The third kappa shape index (κ3) is 2.36. The zero-order chi connectivity index (χ0) is 11.7. The molecule has 0 saturated carbocycles. The molecule has 3 unspecified atom stereocenters. The number of hydrogen-bond acceptors (Lipinski definition) is 4. The summed E-state index contributed by atoms with van der Waals surface area (Å²) in [6.45, 7) is 5.10.